The van der Waals surface area contributed by atoms with Crippen LogP contribution in [0.2, 0.25) is 0 Å². The van der Waals surface area contributed by atoms with E-state index in [9.17, 15) is 9.18 Å². The van der Waals surface area contributed by atoms with Crippen molar-refractivity contribution in [2.24, 2.45) is 0 Å². The molecule has 0 radical (unpaired) electrons. The second-order valence-electron chi connectivity index (χ2n) is 4.98. The first-order valence-corrected chi connectivity index (χ1v) is 6.93. The van der Waals surface area contributed by atoms with Crippen molar-refractivity contribution in [3.63, 3.8) is 0 Å². The molecule has 1 aliphatic rings. The molecule has 1 aromatic carbocycles. The molecule has 1 aromatic heterocycles. The van der Waals surface area contributed by atoms with Gasteiger partial charge in [0.25, 0.3) is 5.91 Å². The summed E-state index contributed by atoms with van der Waals surface area (Å²) < 4.78 is 13.8. The van der Waals surface area contributed by atoms with Crippen molar-refractivity contribution >= 4 is 18.3 Å². The van der Waals surface area contributed by atoms with E-state index >= 15 is 0 Å². The van der Waals surface area contributed by atoms with E-state index in [1.807, 2.05) is 12.1 Å². The van der Waals surface area contributed by atoms with Gasteiger partial charge in [0.2, 0.25) is 0 Å². The molecule has 1 amide bonds. The van der Waals surface area contributed by atoms with Gasteiger partial charge in [0, 0.05) is 32.0 Å². The normalized spacial score (nSPS) is 17.7. The molecular formula is C16H17ClFN3O. The van der Waals surface area contributed by atoms with Gasteiger partial charge in [-0.25, -0.2) is 4.39 Å². The minimum atomic E-state index is -0.481. The summed E-state index contributed by atoms with van der Waals surface area (Å²) >= 11 is 0. The molecule has 1 atom stereocenters. The number of halogens is 2. The highest BCUT2D eigenvalue weighted by molar-refractivity contribution is 5.94. The van der Waals surface area contributed by atoms with Crippen LogP contribution in [0.1, 0.15) is 22.0 Å². The number of amides is 1. The highest BCUT2D eigenvalue weighted by atomic mass is 35.5. The summed E-state index contributed by atoms with van der Waals surface area (Å²) in [4.78, 5) is 18.5. The van der Waals surface area contributed by atoms with Crippen LogP contribution < -0.4 is 5.32 Å². The van der Waals surface area contributed by atoms with Gasteiger partial charge in [-0.05, 0) is 23.8 Å². The maximum Gasteiger partial charge on any atom is 0.257 e. The summed E-state index contributed by atoms with van der Waals surface area (Å²) in [5, 5.41) is 3.27. The molecular weight excluding hydrogens is 305 g/mol. The fraction of sp³-hybridized carbons (Fsp3) is 0.250. The molecule has 22 heavy (non-hydrogen) atoms. The Morgan fingerprint density at radius 1 is 1.27 bits per heavy atom. The molecule has 4 nitrogen and oxygen atoms in total. The number of hydrogen-bond donors (Lipinski definition) is 1. The molecule has 2 heterocycles. The highest BCUT2D eigenvalue weighted by Gasteiger charge is 2.29. The Kier molecular flexibility index (Phi) is 5.46. The maximum absolute atomic E-state index is 13.8. The number of nitrogens with one attached hydrogen (secondary N) is 1. The average Bonchev–Trinajstić information content (AvgIpc) is 2.55. The Balaban J connectivity index is 0.00000176. The Morgan fingerprint density at radius 2 is 2.09 bits per heavy atom. The highest BCUT2D eigenvalue weighted by Crippen LogP contribution is 2.24. The summed E-state index contributed by atoms with van der Waals surface area (Å²) in [5.74, 6) is -0.755. The van der Waals surface area contributed by atoms with Gasteiger partial charge in [-0.2, -0.15) is 0 Å². The number of nitrogens with zero attached hydrogens (tertiary/aromatic N) is 2. The summed E-state index contributed by atoms with van der Waals surface area (Å²) in [7, 11) is 0. The van der Waals surface area contributed by atoms with Crippen molar-refractivity contribution in [3.8, 4) is 0 Å². The lowest BCUT2D eigenvalue weighted by Crippen LogP contribution is -2.48. The van der Waals surface area contributed by atoms with Gasteiger partial charge < -0.3 is 10.2 Å². The van der Waals surface area contributed by atoms with Crippen LogP contribution in [0, 0.1) is 5.82 Å². The number of pyridine rings is 1. The number of rotatable bonds is 2. The number of piperazine rings is 1. The molecule has 1 fully saturated rings. The largest absolute Gasteiger partial charge is 0.329 e. The SMILES string of the molecule is Cl.O=C(c1ccccc1F)N1CCNCC1c1cccnc1. The number of hydrogen-bond acceptors (Lipinski definition) is 3. The number of aromatic nitrogens is 1. The predicted octanol–water partition coefficient (Wildman–Crippen LogP) is 2.43. The standard InChI is InChI=1S/C16H16FN3O.ClH/c17-14-6-2-1-5-13(14)16(21)20-9-8-19-11-15(20)12-4-3-7-18-10-12;/h1-7,10,15,19H,8-9,11H2;1H. The molecule has 0 aliphatic carbocycles. The van der Waals surface area contributed by atoms with E-state index in [4.69, 9.17) is 0 Å². The maximum atomic E-state index is 13.8. The summed E-state index contributed by atoms with van der Waals surface area (Å²) in [6.45, 7) is 1.90. The van der Waals surface area contributed by atoms with Crippen molar-refractivity contribution < 1.29 is 9.18 Å². The van der Waals surface area contributed by atoms with Crippen LogP contribution in [0.4, 0.5) is 4.39 Å². The van der Waals surface area contributed by atoms with Crippen molar-refractivity contribution in [2.45, 2.75) is 6.04 Å². The van der Waals surface area contributed by atoms with Gasteiger partial charge in [0.05, 0.1) is 11.6 Å². The quantitative estimate of drug-likeness (QED) is 0.924. The second kappa shape index (κ2) is 7.33. The zero-order valence-corrected chi connectivity index (χ0v) is 12.7. The summed E-state index contributed by atoms with van der Waals surface area (Å²) in [6, 6.07) is 9.76. The van der Waals surface area contributed by atoms with Crippen LogP contribution in [-0.4, -0.2) is 35.4 Å². The molecule has 116 valence electrons. The van der Waals surface area contributed by atoms with Crippen molar-refractivity contribution in [2.75, 3.05) is 19.6 Å². The molecule has 1 N–H and O–H groups in total. The zero-order valence-electron chi connectivity index (χ0n) is 11.9. The molecule has 1 aliphatic heterocycles. The minimum absolute atomic E-state index is 0. The first-order valence-electron chi connectivity index (χ1n) is 6.93. The minimum Gasteiger partial charge on any atom is -0.329 e. The zero-order chi connectivity index (χ0) is 14.7. The van der Waals surface area contributed by atoms with Crippen LogP contribution in [0.25, 0.3) is 0 Å². The Labute approximate surface area is 134 Å². The van der Waals surface area contributed by atoms with E-state index in [0.29, 0.717) is 19.6 Å². The van der Waals surface area contributed by atoms with Crippen LogP contribution in [0.3, 0.4) is 0 Å². The Bertz CT molecular complexity index is 638. The second-order valence-corrected chi connectivity index (χ2v) is 4.98. The number of carbonyl (C=O) groups is 1. The van der Waals surface area contributed by atoms with Gasteiger partial charge in [0.15, 0.2) is 0 Å². The first-order chi connectivity index (χ1) is 10.3. The van der Waals surface area contributed by atoms with Gasteiger partial charge in [-0.3, -0.25) is 9.78 Å². The smallest absolute Gasteiger partial charge is 0.257 e. The predicted molar refractivity (Wildman–Crippen MR) is 84.5 cm³/mol. The van der Waals surface area contributed by atoms with E-state index in [2.05, 4.69) is 10.3 Å². The lowest BCUT2D eigenvalue weighted by Gasteiger charge is -2.36. The topological polar surface area (TPSA) is 45.2 Å². The van der Waals surface area contributed by atoms with E-state index in [1.54, 1.807) is 29.4 Å². The molecule has 3 rings (SSSR count). The average molecular weight is 322 g/mol. The third kappa shape index (κ3) is 3.26. The Morgan fingerprint density at radius 3 is 2.82 bits per heavy atom. The third-order valence-corrected chi connectivity index (χ3v) is 3.68. The van der Waals surface area contributed by atoms with E-state index in [1.165, 1.54) is 12.1 Å². The fourth-order valence-corrected chi connectivity index (χ4v) is 2.61. The lowest BCUT2D eigenvalue weighted by molar-refractivity contribution is 0.0629. The van der Waals surface area contributed by atoms with E-state index < -0.39 is 5.82 Å². The molecule has 0 saturated carbocycles. The van der Waals surface area contributed by atoms with E-state index in [0.717, 1.165) is 5.56 Å². The molecule has 0 bridgehead atoms. The van der Waals surface area contributed by atoms with Gasteiger partial charge >= 0.3 is 0 Å². The first kappa shape index (κ1) is 16.4. The summed E-state index contributed by atoms with van der Waals surface area (Å²) in [5.41, 5.74) is 1.07. The molecule has 1 unspecified atom stereocenters. The lowest BCUT2D eigenvalue weighted by atomic mass is 10.0. The van der Waals surface area contributed by atoms with Crippen LogP contribution in [0.5, 0.6) is 0 Å². The van der Waals surface area contributed by atoms with Crippen LogP contribution in [0.15, 0.2) is 48.8 Å². The number of benzene rings is 1. The van der Waals surface area contributed by atoms with Gasteiger partial charge in [0.1, 0.15) is 5.82 Å². The van der Waals surface area contributed by atoms with Crippen LogP contribution >= 0.6 is 12.4 Å². The molecule has 0 spiro atoms. The van der Waals surface area contributed by atoms with Gasteiger partial charge in [-0.1, -0.05) is 18.2 Å². The van der Waals surface area contributed by atoms with Crippen LogP contribution in [-0.2, 0) is 0 Å². The molecule has 2 aromatic rings. The Hall–Kier alpha value is -1.98. The van der Waals surface area contributed by atoms with Crippen molar-refractivity contribution in [1.82, 2.24) is 15.2 Å². The molecule has 6 heteroatoms. The monoisotopic (exact) mass is 321 g/mol. The fourth-order valence-electron chi connectivity index (χ4n) is 2.61. The molecule has 1 saturated heterocycles. The third-order valence-electron chi connectivity index (χ3n) is 3.68. The van der Waals surface area contributed by atoms with Gasteiger partial charge in [-0.15, -0.1) is 12.4 Å². The summed E-state index contributed by atoms with van der Waals surface area (Å²) in [6.07, 6.45) is 3.45. The van der Waals surface area contributed by atoms with Crippen molar-refractivity contribution in [1.29, 1.82) is 0 Å². The number of carbonyl (C=O) groups excluding carboxylic acids is 1. The van der Waals surface area contributed by atoms with Crippen molar-refractivity contribution in [3.05, 3.63) is 65.7 Å². The van der Waals surface area contributed by atoms with E-state index in [-0.39, 0.29) is 29.9 Å².